The predicted molar refractivity (Wildman–Crippen MR) is 169 cm³/mol. The Morgan fingerprint density at radius 3 is 1.45 bits per heavy atom. The molecule has 0 amide bonds. The van der Waals surface area contributed by atoms with E-state index in [2.05, 4.69) is 57.3 Å². The van der Waals surface area contributed by atoms with E-state index in [-0.39, 0.29) is 21.1 Å². The fourth-order valence-electron chi connectivity index (χ4n) is 6.38. The molecule has 0 bridgehead atoms. The minimum atomic E-state index is 0. The maximum atomic E-state index is 6.45. The van der Waals surface area contributed by atoms with Gasteiger partial charge in [-0.15, -0.1) is 12.1 Å². The zero-order valence-electron chi connectivity index (χ0n) is 22.8. The Balaban J connectivity index is 0.00000270. The molecular weight excluding hydrogens is 728 g/mol. The Kier molecular flexibility index (Phi) is 5.31. The van der Waals surface area contributed by atoms with Crippen molar-refractivity contribution in [1.29, 1.82) is 0 Å². The molecule has 10 aromatic rings. The van der Waals surface area contributed by atoms with Gasteiger partial charge in [-0.25, -0.2) is 9.97 Å². The number of benzene rings is 4. The van der Waals surface area contributed by atoms with Crippen molar-refractivity contribution < 1.29 is 25.8 Å². The van der Waals surface area contributed by atoms with E-state index in [0.717, 1.165) is 77.0 Å². The number of fused-ring (bicyclic) bond motifs is 16. The smallest absolute Gasteiger partial charge is 0.497 e. The molecule has 4 aromatic carbocycles. The summed E-state index contributed by atoms with van der Waals surface area (Å²) in [5, 5.41) is 5.84. The number of hydrogen-bond acceptors (Lipinski definition) is 5. The third kappa shape index (κ3) is 3.41. The quantitative estimate of drug-likeness (QED) is 0.132. The zero-order chi connectivity index (χ0) is 28.1. The molecule has 0 atom stereocenters. The van der Waals surface area contributed by atoms with Crippen LogP contribution in [0.15, 0.2) is 109 Å². The van der Waals surface area contributed by atoms with Crippen LogP contribution >= 0.6 is 0 Å². The molecule has 0 radical (unpaired) electrons. The van der Waals surface area contributed by atoms with Gasteiger partial charge in [0, 0.05) is 23.9 Å². The Bertz CT molecular complexity index is 2590. The monoisotopic (exact) mass is 745 g/mol. The van der Waals surface area contributed by atoms with E-state index in [1.165, 1.54) is 0 Å². The van der Waals surface area contributed by atoms with Crippen LogP contribution in [0.25, 0.3) is 77.0 Å². The van der Waals surface area contributed by atoms with Gasteiger partial charge in [-0.05, 0) is 47.2 Å². The zero-order valence-corrected chi connectivity index (χ0v) is 25.1. The molecule has 0 aliphatic carbocycles. The van der Waals surface area contributed by atoms with Gasteiger partial charge in [0.05, 0.1) is 33.4 Å². The number of pyridine rings is 4. The fourth-order valence-corrected chi connectivity index (χ4v) is 6.38. The van der Waals surface area contributed by atoms with Gasteiger partial charge >= 0.3 is 21.1 Å². The van der Waals surface area contributed by atoms with Crippen molar-refractivity contribution in [3.63, 3.8) is 0 Å². The molecule has 44 heavy (non-hydrogen) atoms. The van der Waals surface area contributed by atoms with E-state index in [1.807, 2.05) is 73.1 Å². The van der Waals surface area contributed by atoms with Crippen LogP contribution in [0.5, 0.6) is 11.5 Å². The van der Waals surface area contributed by atoms with Gasteiger partial charge < -0.3 is 13.5 Å². The van der Waals surface area contributed by atoms with E-state index in [0.29, 0.717) is 11.5 Å². The summed E-state index contributed by atoms with van der Waals surface area (Å²) < 4.78 is 10.7. The number of imidazole rings is 2. The molecule has 0 saturated carbocycles. The Labute approximate surface area is 263 Å². The van der Waals surface area contributed by atoms with E-state index in [9.17, 15) is 0 Å². The van der Waals surface area contributed by atoms with Gasteiger partial charge in [-0.3, -0.25) is 9.97 Å². The normalized spacial score (nSPS) is 11.9. The molecule has 0 saturated heterocycles. The number of ether oxygens (including phenoxy) is 1. The van der Waals surface area contributed by atoms with Gasteiger partial charge in [0.15, 0.2) is 0 Å². The third-order valence-electron chi connectivity index (χ3n) is 8.20. The van der Waals surface area contributed by atoms with E-state index in [4.69, 9.17) is 24.7 Å². The summed E-state index contributed by atoms with van der Waals surface area (Å²) in [6, 6.07) is 39.4. The number of rotatable bonds is 2. The first-order chi connectivity index (χ1) is 21.3. The molecule has 208 valence electrons. The van der Waals surface area contributed by atoms with Gasteiger partial charge in [0.2, 0.25) is 0 Å². The van der Waals surface area contributed by atoms with Crippen molar-refractivity contribution in [2.45, 2.75) is 0 Å². The standard InChI is InChI=1S/C36H18N6O.Pt/c1-3-11-31-29(9-1)39-35-27-19-21(13-15-23(27)25-7-5-17-37-33(25)41(31)35)43-22-14-16-24-26-8-6-18-38-34(26)42-32-12-4-2-10-30(32)40-36(42)28(24)20-22;/h1-18H;/q-2;+2. The summed E-state index contributed by atoms with van der Waals surface area (Å²) in [6.07, 6.45) is 3.64. The van der Waals surface area contributed by atoms with Crippen molar-refractivity contribution >= 4 is 77.0 Å². The molecule has 6 aromatic heterocycles. The van der Waals surface area contributed by atoms with Crippen LogP contribution in [0, 0.1) is 12.1 Å². The number of hydrogen-bond donors (Lipinski definition) is 0. The average molecular weight is 746 g/mol. The SMILES string of the molecule is [Pt+2].[c-]1c(Oc2[c-]c3c(cc2)c2cccnc2n2c4ccccc4nc32)ccc2c1c1nc3ccccc3n1c1ncccc21. The maximum Gasteiger partial charge on any atom is 2.00 e. The first-order valence-corrected chi connectivity index (χ1v) is 14.0. The largest absolute Gasteiger partial charge is 2.00 e. The maximum absolute atomic E-state index is 6.45. The van der Waals surface area contributed by atoms with Crippen molar-refractivity contribution in [2.75, 3.05) is 0 Å². The Morgan fingerprint density at radius 2 is 0.955 bits per heavy atom. The van der Waals surface area contributed by atoms with Crippen LogP contribution in [-0.2, 0) is 21.1 Å². The summed E-state index contributed by atoms with van der Waals surface area (Å²) >= 11 is 0. The molecule has 8 heteroatoms. The van der Waals surface area contributed by atoms with Gasteiger partial charge in [-0.2, -0.15) is 0 Å². The molecule has 0 unspecified atom stereocenters. The number of aromatic nitrogens is 6. The molecule has 10 rings (SSSR count). The van der Waals surface area contributed by atoms with Crippen molar-refractivity contribution in [3.8, 4) is 11.5 Å². The summed E-state index contributed by atoms with van der Waals surface area (Å²) in [4.78, 5) is 19.4. The summed E-state index contributed by atoms with van der Waals surface area (Å²) in [5.41, 5.74) is 7.12. The van der Waals surface area contributed by atoms with Crippen LogP contribution in [-0.4, -0.2) is 28.7 Å². The minimum absolute atomic E-state index is 0. The van der Waals surface area contributed by atoms with Crippen LogP contribution in [0.2, 0.25) is 0 Å². The van der Waals surface area contributed by atoms with Gasteiger partial charge in [0.1, 0.15) is 11.3 Å². The van der Waals surface area contributed by atoms with E-state index in [1.54, 1.807) is 0 Å². The van der Waals surface area contributed by atoms with E-state index < -0.39 is 0 Å². The van der Waals surface area contributed by atoms with Crippen molar-refractivity contribution in [3.05, 3.63) is 122 Å². The minimum Gasteiger partial charge on any atom is -0.497 e. The van der Waals surface area contributed by atoms with Crippen LogP contribution in [0.4, 0.5) is 0 Å². The molecule has 6 heterocycles. The molecule has 0 fully saturated rings. The van der Waals surface area contributed by atoms with Crippen LogP contribution < -0.4 is 4.74 Å². The summed E-state index contributed by atoms with van der Waals surface area (Å²) in [5.74, 6) is 1.15. The molecule has 0 N–H and O–H groups in total. The molecular formula is C36H18N6OPt. The third-order valence-corrected chi connectivity index (χ3v) is 8.20. The van der Waals surface area contributed by atoms with E-state index >= 15 is 0 Å². The second kappa shape index (κ2) is 9.30. The van der Waals surface area contributed by atoms with Crippen LogP contribution in [0.1, 0.15) is 0 Å². The summed E-state index contributed by atoms with van der Waals surface area (Å²) in [6.45, 7) is 0. The van der Waals surface area contributed by atoms with Crippen LogP contribution in [0.3, 0.4) is 0 Å². The summed E-state index contributed by atoms with van der Waals surface area (Å²) in [7, 11) is 0. The van der Waals surface area contributed by atoms with Gasteiger partial charge in [-0.1, -0.05) is 82.2 Å². The number of nitrogens with zero attached hydrogens (tertiary/aromatic N) is 6. The topological polar surface area (TPSA) is 69.6 Å². The predicted octanol–water partition coefficient (Wildman–Crippen LogP) is 8.08. The molecule has 0 aliphatic rings. The Morgan fingerprint density at radius 1 is 0.477 bits per heavy atom. The first-order valence-electron chi connectivity index (χ1n) is 14.0. The van der Waals surface area contributed by atoms with Crippen molar-refractivity contribution in [1.82, 2.24) is 28.7 Å². The molecule has 0 aliphatic heterocycles. The average Bonchev–Trinajstić information content (AvgIpc) is 3.65. The second-order valence-corrected chi connectivity index (χ2v) is 10.6. The first kappa shape index (κ1) is 25.1. The fraction of sp³-hybridized carbons (Fsp3) is 0. The second-order valence-electron chi connectivity index (χ2n) is 10.6. The van der Waals surface area contributed by atoms with Gasteiger partial charge in [0.25, 0.3) is 0 Å². The molecule has 0 spiro atoms. The Hall–Kier alpha value is -5.39. The number of para-hydroxylation sites is 4. The van der Waals surface area contributed by atoms with Crippen molar-refractivity contribution in [2.24, 2.45) is 0 Å². The molecule has 7 nitrogen and oxygen atoms in total.